The van der Waals surface area contributed by atoms with Crippen molar-refractivity contribution in [1.29, 1.82) is 0 Å². The van der Waals surface area contributed by atoms with Gasteiger partial charge in [0.15, 0.2) is 5.69 Å². The van der Waals surface area contributed by atoms with E-state index in [4.69, 9.17) is 0 Å². The van der Waals surface area contributed by atoms with Crippen molar-refractivity contribution in [2.24, 2.45) is 0 Å². The average molecular weight is 446 g/mol. The monoisotopic (exact) mass is 446 g/mol. The van der Waals surface area contributed by atoms with Gasteiger partial charge in [0.05, 0.1) is 0 Å². The number of aromatic nitrogens is 3. The van der Waals surface area contributed by atoms with E-state index in [1.54, 1.807) is 29.1 Å². The van der Waals surface area contributed by atoms with Crippen molar-refractivity contribution in [2.45, 2.75) is 6.54 Å². The number of amides is 1. The summed E-state index contributed by atoms with van der Waals surface area (Å²) in [5.41, 5.74) is 3.01. The molecule has 164 valence electrons. The molecule has 5 aromatic rings. The molecule has 0 spiro atoms. The number of benzene rings is 2. The van der Waals surface area contributed by atoms with Crippen LogP contribution in [0.3, 0.4) is 0 Å². The summed E-state index contributed by atoms with van der Waals surface area (Å²) in [5, 5.41) is 6.94. The number of halogens is 3. The fourth-order valence-corrected chi connectivity index (χ4v) is 3.59. The number of fused-ring (bicyclic) bond motifs is 1. The lowest BCUT2D eigenvalue weighted by Gasteiger charge is -2.07. The van der Waals surface area contributed by atoms with E-state index >= 15 is 0 Å². The van der Waals surface area contributed by atoms with Gasteiger partial charge in [-0.3, -0.25) is 4.79 Å². The molecule has 33 heavy (non-hydrogen) atoms. The van der Waals surface area contributed by atoms with Gasteiger partial charge in [-0.2, -0.15) is 5.10 Å². The number of hydrogen-bond acceptors (Lipinski definition) is 2. The van der Waals surface area contributed by atoms with Crippen LogP contribution in [0.1, 0.15) is 16.1 Å². The van der Waals surface area contributed by atoms with Crippen molar-refractivity contribution in [3.8, 4) is 16.9 Å². The molecule has 0 fully saturated rings. The number of pyridine rings is 1. The first-order valence-electron chi connectivity index (χ1n) is 10.1. The van der Waals surface area contributed by atoms with Crippen molar-refractivity contribution >= 4 is 11.4 Å². The van der Waals surface area contributed by atoms with E-state index in [1.165, 1.54) is 18.2 Å². The zero-order chi connectivity index (χ0) is 22.9. The Balaban J connectivity index is 1.38. The van der Waals surface area contributed by atoms with Crippen molar-refractivity contribution < 1.29 is 18.0 Å². The Morgan fingerprint density at radius 3 is 2.36 bits per heavy atom. The molecular weight excluding hydrogens is 429 g/mol. The second kappa shape index (κ2) is 8.31. The van der Waals surface area contributed by atoms with Crippen LogP contribution in [0.25, 0.3) is 22.5 Å². The molecular formula is C25H17F3N4O. The van der Waals surface area contributed by atoms with E-state index in [0.717, 1.165) is 28.8 Å². The van der Waals surface area contributed by atoms with Crippen molar-refractivity contribution in [3.63, 3.8) is 0 Å². The van der Waals surface area contributed by atoms with Gasteiger partial charge >= 0.3 is 0 Å². The average Bonchev–Trinajstić information content (AvgIpc) is 3.45. The third-order valence-electron chi connectivity index (χ3n) is 5.32. The predicted molar refractivity (Wildman–Crippen MR) is 117 cm³/mol. The largest absolute Gasteiger partial charge is 0.346 e. The zero-order valence-corrected chi connectivity index (χ0v) is 17.2. The van der Waals surface area contributed by atoms with Crippen LogP contribution >= 0.6 is 0 Å². The van der Waals surface area contributed by atoms with E-state index in [-0.39, 0.29) is 23.6 Å². The number of nitrogens with zero attached hydrogens (tertiary/aromatic N) is 3. The van der Waals surface area contributed by atoms with E-state index in [0.29, 0.717) is 5.82 Å². The van der Waals surface area contributed by atoms with E-state index < -0.39 is 17.5 Å². The standard InChI is InChI=1S/C25H17F3N4O/c26-19-5-1-16(2-6-19)18-4-8-21-9-10-24(31(21)15-18)32-12-11-23(30-32)25(33)29-14-17-3-7-20(27)13-22(17)28/h1-13,15H,14H2,(H,29,33). The highest BCUT2D eigenvalue weighted by atomic mass is 19.1. The second-order valence-corrected chi connectivity index (χ2v) is 7.48. The molecule has 3 heterocycles. The summed E-state index contributed by atoms with van der Waals surface area (Å²) in [6.45, 7) is -0.0904. The highest BCUT2D eigenvalue weighted by Crippen LogP contribution is 2.23. The van der Waals surface area contributed by atoms with Crippen LogP contribution in [0.2, 0.25) is 0 Å². The maximum atomic E-state index is 13.8. The summed E-state index contributed by atoms with van der Waals surface area (Å²) in [6, 6.07) is 18.7. The number of carbonyl (C=O) groups excluding carboxylic acids is 1. The number of hydrogen-bond donors (Lipinski definition) is 1. The molecule has 5 rings (SSSR count). The van der Waals surface area contributed by atoms with Crippen LogP contribution in [0.4, 0.5) is 13.2 Å². The van der Waals surface area contributed by atoms with Gasteiger partial charge in [0.25, 0.3) is 5.91 Å². The summed E-state index contributed by atoms with van der Waals surface area (Å²) >= 11 is 0. The summed E-state index contributed by atoms with van der Waals surface area (Å²) in [6.07, 6.45) is 3.57. The number of carbonyl (C=O) groups is 1. The van der Waals surface area contributed by atoms with Crippen LogP contribution in [-0.4, -0.2) is 20.1 Å². The van der Waals surface area contributed by atoms with Gasteiger partial charge in [0.1, 0.15) is 23.3 Å². The Kier molecular flexibility index (Phi) is 5.18. The molecule has 1 amide bonds. The fourth-order valence-electron chi connectivity index (χ4n) is 3.59. The molecule has 0 saturated heterocycles. The topological polar surface area (TPSA) is 51.3 Å². The van der Waals surface area contributed by atoms with Gasteiger partial charge < -0.3 is 9.72 Å². The smallest absolute Gasteiger partial charge is 0.272 e. The highest BCUT2D eigenvalue weighted by molar-refractivity contribution is 5.92. The van der Waals surface area contributed by atoms with Crippen molar-refractivity contribution in [1.82, 2.24) is 19.5 Å². The van der Waals surface area contributed by atoms with Crippen molar-refractivity contribution in [2.75, 3.05) is 0 Å². The van der Waals surface area contributed by atoms with Gasteiger partial charge in [-0.1, -0.05) is 24.3 Å². The molecule has 5 nitrogen and oxygen atoms in total. The summed E-state index contributed by atoms with van der Waals surface area (Å²) < 4.78 is 43.6. The van der Waals surface area contributed by atoms with Crippen LogP contribution < -0.4 is 5.32 Å². The molecule has 1 N–H and O–H groups in total. The first-order valence-corrected chi connectivity index (χ1v) is 10.1. The molecule has 0 atom stereocenters. The van der Waals surface area contributed by atoms with Crippen LogP contribution in [0, 0.1) is 17.5 Å². The molecule has 0 bridgehead atoms. The minimum Gasteiger partial charge on any atom is -0.346 e. The molecule has 0 unspecified atom stereocenters. The molecule has 2 aromatic carbocycles. The third kappa shape index (κ3) is 4.10. The van der Waals surface area contributed by atoms with E-state index in [1.807, 2.05) is 34.9 Å². The molecule has 0 aliphatic carbocycles. The number of nitrogens with one attached hydrogen (secondary N) is 1. The molecule has 0 aliphatic rings. The van der Waals surface area contributed by atoms with Crippen LogP contribution in [0.5, 0.6) is 0 Å². The maximum Gasteiger partial charge on any atom is 0.272 e. The zero-order valence-electron chi connectivity index (χ0n) is 17.2. The fraction of sp³-hybridized carbons (Fsp3) is 0.0400. The van der Waals surface area contributed by atoms with Gasteiger partial charge in [0, 0.05) is 36.1 Å². The highest BCUT2D eigenvalue weighted by Gasteiger charge is 2.13. The quantitative estimate of drug-likeness (QED) is 0.407. The minimum atomic E-state index is -0.725. The third-order valence-corrected chi connectivity index (χ3v) is 5.32. The molecule has 8 heteroatoms. The summed E-state index contributed by atoms with van der Waals surface area (Å²) in [5.74, 6) is -1.48. The van der Waals surface area contributed by atoms with Crippen molar-refractivity contribution in [3.05, 3.63) is 114 Å². The summed E-state index contributed by atoms with van der Waals surface area (Å²) in [4.78, 5) is 12.5. The van der Waals surface area contributed by atoms with Gasteiger partial charge in [0.2, 0.25) is 0 Å². The first kappa shape index (κ1) is 20.6. The Bertz CT molecular complexity index is 1470. The Morgan fingerprint density at radius 2 is 1.58 bits per heavy atom. The lowest BCUT2D eigenvalue weighted by atomic mass is 10.1. The lowest BCUT2D eigenvalue weighted by Crippen LogP contribution is -2.24. The predicted octanol–water partition coefficient (Wildman–Crippen LogP) is 5.14. The normalized spacial score (nSPS) is 11.1. The lowest BCUT2D eigenvalue weighted by molar-refractivity contribution is 0.0945. The van der Waals surface area contributed by atoms with Crippen LogP contribution in [-0.2, 0) is 6.54 Å². The van der Waals surface area contributed by atoms with Gasteiger partial charge in [-0.15, -0.1) is 0 Å². The van der Waals surface area contributed by atoms with Crippen LogP contribution in [0.15, 0.2) is 85.2 Å². The Morgan fingerprint density at radius 1 is 0.848 bits per heavy atom. The van der Waals surface area contributed by atoms with E-state index in [9.17, 15) is 18.0 Å². The van der Waals surface area contributed by atoms with E-state index in [2.05, 4.69) is 10.4 Å². The molecule has 0 aliphatic heterocycles. The molecule has 3 aromatic heterocycles. The number of rotatable bonds is 5. The Hall–Kier alpha value is -4.33. The maximum absolute atomic E-state index is 13.8. The first-order chi connectivity index (χ1) is 16.0. The Labute approximate surface area is 186 Å². The second-order valence-electron chi connectivity index (χ2n) is 7.48. The minimum absolute atomic E-state index is 0.0904. The molecule has 0 saturated carbocycles. The molecule has 0 radical (unpaired) electrons. The van der Waals surface area contributed by atoms with Gasteiger partial charge in [-0.25, -0.2) is 17.9 Å². The SMILES string of the molecule is O=C(NCc1ccc(F)cc1F)c1ccn(-c2ccc3ccc(-c4ccc(F)cc4)cn23)n1. The van der Waals surface area contributed by atoms with Gasteiger partial charge in [-0.05, 0) is 53.6 Å². The summed E-state index contributed by atoms with van der Waals surface area (Å²) in [7, 11) is 0.